The highest BCUT2D eigenvalue weighted by Crippen LogP contribution is 2.37. The molecule has 21 heavy (non-hydrogen) atoms. The number of nitro benzene ring substituents is 1. The molecule has 0 atom stereocenters. The number of ether oxygens (including phenoxy) is 1. The summed E-state index contributed by atoms with van der Waals surface area (Å²) in [5.41, 5.74) is 0.638. The van der Waals surface area contributed by atoms with Crippen LogP contribution in [0.4, 0.5) is 11.4 Å². The topological polar surface area (TPSA) is 84.6 Å². The number of hydrogen-bond donors (Lipinski definition) is 2. The van der Waals surface area contributed by atoms with Crippen molar-refractivity contribution in [1.82, 2.24) is 0 Å². The molecule has 2 rings (SSSR count). The molecule has 0 heterocycles. The first kappa shape index (κ1) is 15.6. The second-order valence-corrected chi connectivity index (χ2v) is 5.71. The molecule has 1 fully saturated rings. The van der Waals surface area contributed by atoms with E-state index in [0.29, 0.717) is 12.3 Å². The Hall–Kier alpha value is -1.82. The number of anilines is 1. The lowest BCUT2D eigenvalue weighted by atomic mass is 9.74. The molecule has 0 unspecified atom stereocenters. The van der Waals surface area contributed by atoms with E-state index in [0.717, 1.165) is 31.4 Å². The van der Waals surface area contributed by atoms with E-state index < -0.39 is 4.92 Å². The Morgan fingerprint density at radius 3 is 2.67 bits per heavy atom. The van der Waals surface area contributed by atoms with Crippen LogP contribution in [0.25, 0.3) is 0 Å². The molecule has 0 bridgehead atoms. The summed E-state index contributed by atoms with van der Waals surface area (Å²) in [4.78, 5) is 10.3. The van der Waals surface area contributed by atoms with E-state index in [1.54, 1.807) is 6.07 Å². The van der Waals surface area contributed by atoms with Gasteiger partial charge in [-0.25, -0.2) is 0 Å². The van der Waals surface area contributed by atoms with E-state index in [9.17, 15) is 15.2 Å². The molecule has 0 aliphatic heterocycles. The van der Waals surface area contributed by atoms with Crippen LogP contribution < -0.4 is 10.1 Å². The van der Waals surface area contributed by atoms with Crippen molar-refractivity contribution >= 4 is 11.4 Å². The van der Waals surface area contributed by atoms with E-state index >= 15 is 0 Å². The van der Waals surface area contributed by atoms with Crippen LogP contribution >= 0.6 is 0 Å². The van der Waals surface area contributed by atoms with Gasteiger partial charge in [0.25, 0.3) is 5.69 Å². The first-order valence-corrected chi connectivity index (χ1v) is 7.27. The molecular weight excluding hydrogens is 272 g/mol. The van der Waals surface area contributed by atoms with Crippen molar-refractivity contribution in [2.24, 2.45) is 5.41 Å². The van der Waals surface area contributed by atoms with E-state index in [2.05, 4.69) is 5.32 Å². The van der Waals surface area contributed by atoms with Crippen LogP contribution in [0, 0.1) is 15.5 Å². The second kappa shape index (κ2) is 6.76. The highest BCUT2D eigenvalue weighted by atomic mass is 16.6. The SMILES string of the molecule is COc1cc([N+](=O)[O-])ccc1NCC1(CO)CCCCC1. The zero-order valence-corrected chi connectivity index (χ0v) is 12.3. The van der Waals surface area contributed by atoms with Gasteiger partial charge in [-0.1, -0.05) is 19.3 Å². The molecule has 0 radical (unpaired) electrons. The van der Waals surface area contributed by atoms with Crippen molar-refractivity contribution in [3.05, 3.63) is 28.3 Å². The summed E-state index contributed by atoms with van der Waals surface area (Å²) in [5, 5.41) is 23.8. The van der Waals surface area contributed by atoms with E-state index in [-0.39, 0.29) is 17.7 Å². The number of nitrogens with one attached hydrogen (secondary N) is 1. The lowest BCUT2D eigenvalue weighted by Gasteiger charge is -2.36. The van der Waals surface area contributed by atoms with Gasteiger partial charge in [0.1, 0.15) is 5.75 Å². The number of hydrogen-bond acceptors (Lipinski definition) is 5. The molecule has 0 amide bonds. The van der Waals surface area contributed by atoms with Crippen LogP contribution in [0.2, 0.25) is 0 Å². The average molecular weight is 294 g/mol. The molecule has 0 aromatic heterocycles. The summed E-state index contributed by atoms with van der Waals surface area (Å²) >= 11 is 0. The van der Waals surface area contributed by atoms with Crippen LogP contribution in [0.15, 0.2) is 18.2 Å². The van der Waals surface area contributed by atoms with Gasteiger partial charge in [0.2, 0.25) is 0 Å². The Morgan fingerprint density at radius 2 is 2.10 bits per heavy atom. The monoisotopic (exact) mass is 294 g/mol. The summed E-state index contributed by atoms with van der Waals surface area (Å²) in [6, 6.07) is 4.52. The molecule has 2 N–H and O–H groups in total. The third-order valence-electron chi connectivity index (χ3n) is 4.30. The fourth-order valence-electron chi connectivity index (χ4n) is 2.91. The van der Waals surface area contributed by atoms with Gasteiger partial charge < -0.3 is 15.2 Å². The molecular formula is C15H22N2O4. The average Bonchev–Trinajstić information content (AvgIpc) is 2.53. The van der Waals surface area contributed by atoms with Crippen LogP contribution in [-0.2, 0) is 0 Å². The first-order valence-electron chi connectivity index (χ1n) is 7.27. The van der Waals surface area contributed by atoms with E-state index in [4.69, 9.17) is 4.74 Å². The Bertz CT molecular complexity index is 498. The summed E-state index contributed by atoms with van der Waals surface area (Å²) in [5.74, 6) is 0.452. The van der Waals surface area contributed by atoms with Gasteiger partial charge in [0, 0.05) is 18.0 Å². The predicted molar refractivity (Wildman–Crippen MR) is 80.7 cm³/mol. The fourth-order valence-corrected chi connectivity index (χ4v) is 2.91. The predicted octanol–water partition coefficient (Wildman–Crippen LogP) is 2.96. The molecule has 0 saturated heterocycles. The molecule has 1 aromatic rings. The van der Waals surface area contributed by atoms with E-state index in [1.165, 1.54) is 25.7 Å². The van der Waals surface area contributed by atoms with Crippen LogP contribution in [0.1, 0.15) is 32.1 Å². The van der Waals surface area contributed by atoms with Gasteiger partial charge in [-0.05, 0) is 18.9 Å². The summed E-state index contributed by atoms with van der Waals surface area (Å²) < 4.78 is 5.21. The molecule has 1 aliphatic carbocycles. The maximum absolute atomic E-state index is 10.8. The second-order valence-electron chi connectivity index (χ2n) is 5.71. The standard InChI is InChI=1S/C15H22N2O4/c1-21-14-9-12(17(19)20)5-6-13(14)16-10-15(11-18)7-3-2-4-8-15/h5-6,9,16,18H,2-4,7-8,10-11H2,1H3. The van der Waals surface area contributed by atoms with E-state index in [1.807, 2.05) is 0 Å². The number of nitro groups is 1. The maximum atomic E-state index is 10.8. The van der Waals surface area contributed by atoms with Crippen LogP contribution in [0.5, 0.6) is 5.75 Å². The Morgan fingerprint density at radius 1 is 1.38 bits per heavy atom. The van der Waals surface area contributed by atoms with Gasteiger partial charge in [-0.3, -0.25) is 10.1 Å². The minimum Gasteiger partial charge on any atom is -0.494 e. The lowest BCUT2D eigenvalue weighted by Crippen LogP contribution is -2.35. The van der Waals surface area contributed by atoms with Crippen LogP contribution in [-0.4, -0.2) is 30.3 Å². The quantitative estimate of drug-likeness (QED) is 0.622. The van der Waals surface area contributed by atoms with Gasteiger partial charge in [0.15, 0.2) is 0 Å². The number of benzene rings is 1. The van der Waals surface area contributed by atoms with Crippen molar-refractivity contribution in [1.29, 1.82) is 0 Å². The number of aliphatic hydroxyl groups is 1. The Labute approximate surface area is 124 Å². The van der Waals surface area contributed by atoms with Crippen LogP contribution in [0.3, 0.4) is 0 Å². The summed E-state index contributed by atoms with van der Waals surface area (Å²) in [6.07, 6.45) is 5.51. The molecule has 1 aliphatic rings. The van der Waals surface area contributed by atoms with Gasteiger partial charge >= 0.3 is 0 Å². The minimum atomic E-state index is -0.442. The van der Waals surface area contributed by atoms with Gasteiger partial charge in [-0.2, -0.15) is 0 Å². The molecule has 6 heteroatoms. The van der Waals surface area contributed by atoms with Gasteiger partial charge in [-0.15, -0.1) is 0 Å². The van der Waals surface area contributed by atoms with Crippen molar-refractivity contribution in [3.63, 3.8) is 0 Å². The number of rotatable bonds is 6. The highest BCUT2D eigenvalue weighted by Gasteiger charge is 2.31. The third kappa shape index (κ3) is 3.64. The first-order chi connectivity index (χ1) is 10.1. The molecule has 6 nitrogen and oxygen atoms in total. The Kier molecular flexibility index (Phi) is 5.01. The molecule has 116 valence electrons. The Balaban J connectivity index is 2.10. The maximum Gasteiger partial charge on any atom is 0.273 e. The molecule has 0 spiro atoms. The van der Waals surface area contributed by atoms with Crippen molar-refractivity contribution < 1.29 is 14.8 Å². The van der Waals surface area contributed by atoms with Crippen molar-refractivity contribution in [3.8, 4) is 5.75 Å². The van der Waals surface area contributed by atoms with Gasteiger partial charge in [0.05, 0.1) is 30.4 Å². The number of non-ortho nitro benzene ring substituents is 1. The number of aliphatic hydroxyl groups excluding tert-OH is 1. The number of methoxy groups -OCH3 is 1. The largest absolute Gasteiger partial charge is 0.494 e. The number of nitrogens with zero attached hydrogens (tertiary/aromatic N) is 1. The van der Waals surface area contributed by atoms with Crippen molar-refractivity contribution in [2.75, 3.05) is 25.6 Å². The summed E-state index contributed by atoms with van der Waals surface area (Å²) in [7, 11) is 1.49. The fraction of sp³-hybridized carbons (Fsp3) is 0.600. The zero-order chi connectivity index (χ0) is 15.3. The molecule has 1 aromatic carbocycles. The zero-order valence-electron chi connectivity index (χ0n) is 12.3. The van der Waals surface area contributed by atoms with Crippen molar-refractivity contribution in [2.45, 2.75) is 32.1 Å². The molecule has 1 saturated carbocycles. The lowest BCUT2D eigenvalue weighted by molar-refractivity contribution is -0.384. The normalized spacial score (nSPS) is 17.2. The minimum absolute atomic E-state index is 0.00642. The smallest absolute Gasteiger partial charge is 0.273 e. The third-order valence-corrected chi connectivity index (χ3v) is 4.30. The summed E-state index contributed by atoms with van der Waals surface area (Å²) in [6.45, 7) is 0.812. The highest BCUT2D eigenvalue weighted by molar-refractivity contribution is 5.60.